The third kappa shape index (κ3) is 3.10. The highest BCUT2D eigenvalue weighted by molar-refractivity contribution is 6.09. The molecule has 0 radical (unpaired) electrons. The number of benzene rings is 2. The van der Waals surface area contributed by atoms with Crippen LogP contribution in [0.25, 0.3) is 0 Å². The Hall–Kier alpha value is -3.15. The van der Waals surface area contributed by atoms with Crippen LogP contribution in [0.15, 0.2) is 60.7 Å². The zero-order chi connectivity index (χ0) is 17.9. The van der Waals surface area contributed by atoms with Crippen molar-refractivity contribution in [3.05, 3.63) is 71.8 Å². The molecular weight excluding hydrogens is 318 g/mol. The third-order valence-electron chi connectivity index (χ3n) is 4.33. The fraction of sp³-hybridized carbons (Fsp3) is 0.211. The second-order valence-corrected chi connectivity index (χ2v) is 5.93. The summed E-state index contributed by atoms with van der Waals surface area (Å²) in [5, 5.41) is 5.26. The van der Waals surface area contributed by atoms with E-state index in [2.05, 4.69) is 10.6 Å². The van der Waals surface area contributed by atoms with E-state index in [0.717, 1.165) is 10.5 Å². The first-order valence-corrected chi connectivity index (χ1v) is 8.01. The zero-order valence-electron chi connectivity index (χ0n) is 13.9. The van der Waals surface area contributed by atoms with E-state index in [9.17, 15) is 14.4 Å². The summed E-state index contributed by atoms with van der Waals surface area (Å²) in [6, 6.07) is 18.0. The minimum atomic E-state index is -1.21. The van der Waals surface area contributed by atoms with E-state index in [0.29, 0.717) is 12.0 Å². The van der Waals surface area contributed by atoms with Crippen molar-refractivity contribution in [1.29, 1.82) is 0 Å². The largest absolute Gasteiger partial charge is 0.358 e. The molecule has 0 saturated carbocycles. The molecule has 6 heteroatoms. The summed E-state index contributed by atoms with van der Waals surface area (Å²) >= 11 is 0. The number of carbonyl (C=O) groups excluding carboxylic acids is 3. The normalized spacial score (nSPS) is 19.6. The third-order valence-corrected chi connectivity index (χ3v) is 4.33. The lowest BCUT2D eigenvalue weighted by atomic mass is 9.83. The molecule has 2 aromatic rings. The summed E-state index contributed by atoms with van der Waals surface area (Å²) in [5.41, 5.74) is 0.395. The first-order chi connectivity index (χ1) is 12.1. The van der Waals surface area contributed by atoms with Gasteiger partial charge in [-0.1, -0.05) is 60.7 Å². The lowest BCUT2D eigenvalue weighted by Crippen LogP contribution is -2.46. The summed E-state index contributed by atoms with van der Waals surface area (Å²) in [7, 11) is 1.47. The smallest absolute Gasteiger partial charge is 0.325 e. The van der Waals surface area contributed by atoms with Gasteiger partial charge in [0, 0.05) is 13.5 Å². The SMILES string of the molecule is CNC(=O)CN1C(=O)N[C@](Cc2ccccc2)(c2ccccc2)C1=O. The number of nitrogens with zero attached hydrogens (tertiary/aromatic N) is 1. The summed E-state index contributed by atoms with van der Waals surface area (Å²) in [6.07, 6.45) is 0.312. The number of amides is 4. The van der Waals surface area contributed by atoms with E-state index < -0.39 is 23.4 Å². The maximum Gasteiger partial charge on any atom is 0.325 e. The van der Waals surface area contributed by atoms with Gasteiger partial charge in [-0.15, -0.1) is 0 Å². The highest BCUT2D eigenvalue weighted by atomic mass is 16.2. The molecule has 1 saturated heterocycles. The Morgan fingerprint density at radius 1 is 1.04 bits per heavy atom. The van der Waals surface area contributed by atoms with E-state index >= 15 is 0 Å². The minimum Gasteiger partial charge on any atom is -0.358 e. The number of urea groups is 1. The molecule has 3 rings (SSSR count). The van der Waals surface area contributed by atoms with Gasteiger partial charge in [-0.05, 0) is 11.1 Å². The maximum absolute atomic E-state index is 13.2. The standard InChI is InChI=1S/C19H19N3O3/c1-20-16(23)13-22-17(24)19(21-18(22)25,15-10-6-3-7-11-15)12-14-8-4-2-5-9-14/h2-11H,12-13H2,1H3,(H,20,23)(H,21,25)/t19-/m1/s1. The molecule has 0 aromatic heterocycles. The van der Waals surface area contributed by atoms with Crippen molar-refractivity contribution in [1.82, 2.24) is 15.5 Å². The van der Waals surface area contributed by atoms with Gasteiger partial charge in [0.1, 0.15) is 6.54 Å². The molecule has 2 N–H and O–H groups in total. The fourth-order valence-electron chi connectivity index (χ4n) is 3.03. The molecule has 1 atom stereocenters. The second-order valence-electron chi connectivity index (χ2n) is 5.93. The van der Waals surface area contributed by atoms with Crippen molar-refractivity contribution < 1.29 is 14.4 Å². The van der Waals surface area contributed by atoms with Crippen molar-refractivity contribution in [2.75, 3.05) is 13.6 Å². The van der Waals surface area contributed by atoms with Crippen molar-refractivity contribution in [3.63, 3.8) is 0 Å². The molecule has 0 spiro atoms. The number of hydrogen-bond donors (Lipinski definition) is 2. The molecule has 4 amide bonds. The van der Waals surface area contributed by atoms with Crippen molar-refractivity contribution >= 4 is 17.8 Å². The average molecular weight is 337 g/mol. The lowest BCUT2D eigenvalue weighted by Gasteiger charge is -2.27. The number of imide groups is 1. The Morgan fingerprint density at radius 2 is 1.64 bits per heavy atom. The average Bonchev–Trinajstić information content (AvgIpc) is 2.88. The predicted octanol–water partition coefficient (Wildman–Crippen LogP) is 1.42. The van der Waals surface area contributed by atoms with Crippen LogP contribution in [0.2, 0.25) is 0 Å². The van der Waals surface area contributed by atoms with Crippen LogP contribution in [0.3, 0.4) is 0 Å². The van der Waals surface area contributed by atoms with E-state index in [-0.39, 0.29) is 6.54 Å². The van der Waals surface area contributed by atoms with Crippen LogP contribution in [0.1, 0.15) is 11.1 Å². The van der Waals surface area contributed by atoms with Gasteiger partial charge in [-0.25, -0.2) is 4.79 Å². The van der Waals surface area contributed by atoms with Crippen LogP contribution in [0.5, 0.6) is 0 Å². The van der Waals surface area contributed by atoms with Gasteiger partial charge in [-0.3, -0.25) is 14.5 Å². The summed E-state index contributed by atoms with van der Waals surface area (Å²) in [6.45, 7) is -0.301. The predicted molar refractivity (Wildman–Crippen MR) is 92.6 cm³/mol. The van der Waals surface area contributed by atoms with Gasteiger partial charge < -0.3 is 10.6 Å². The van der Waals surface area contributed by atoms with Crippen LogP contribution < -0.4 is 10.6 Å². The lowest BCUT2D eigenvalue weighted by molar-refractivity contribution is -0.135. The molecule has 1 heterocycles. The Kier molecular flexibility index (Phi) is 4.52. The van der Waals surface area contributed by atoms with Crippen LogP contribution in [-0.2, 0) is 21.5 Å². The van der Waals surface area contributed by atoms with E-state index in [4.69, 9.17) is 0 Å². The van der Waals surface area contributed by atoms with Crippen molar-refractivity contribution in [3.8, 4) is 0 Å². The van der Waals surface area contributed by atoms with Crippen LogP contribution in [-0.4, -0.2) is 36.3 Å². The molecule has 2 aromatic carbocycles. The molecule has 0 unspecified atom stereocenters. The monoisotopic (exact) mass is 337 g/mol. The van der Waals surface area contributed by atoms with Gasteiger partial charge in [-0.2, -0.15) is 0 Å². The fourth-order valence-corrected chi connectivity index (χ4v) is 3.03. The summed E-state index contributed by atoms with van der Waals surface area (Å²) in [4.78, 5) is 38.2. The Balaban J connectivity index is 2.02. The molecule has 1 fully saturated rings. The number of nitrogens with one attached hydrogen (secondary N) is 2. The number of carbonyl (C=O) groups is 3. The van der Waals surface area contributed by atoms with Gasteiger partial charge in [0.2, 0.25) is 5.91 Å². The Bertz CT molecular complexity index is 792. The molecule has 6 nitrogen and oxygen atoms in total. The van der Waals surface area contributed by atoms with Crippen molar-refractivity contribution in [2.24, 2.45) is 0 Å². The molecule has 1 aliphatic rings. The number of hydrogen-bond acceptors (Lipinski definition) is 3. The number of rotatable bonds is 5. The molecule has 25 heavy (non-hydrogen) atoms. The minimum absolute atomic E-state index is 0.301. The van der Waals surface area contributed by atoms with Crippen molar-refractivity contribution in [2.45, 2.75) is 12.0 Å². The summed E-state index contributed by atoms with van der Waals surface area (Å²) in [5.74, 6) is -0.816. The molecule has 0 bridgehead atoms. The Labute approximate surface area is 145 Å². The quantitative estimate of drug-likeness (QED) is 0.810. The highest BCUT2D eigenvalue weighted by Crippen LogP contribution is 2.32. The zero-order valence-corrected chi connectivity index (χ0v) is 13.9. The van der Waals surface area contributed by atoms with E-state index in [1.54, 1.807) is 0 Å². The first-order valence-electron chi connectivity index (χ1n) is 8.01. The van der Waals surface area contributed by atoms with E-state index in [1.165, 1.54) is 7.05 Å². The topological polar surface area (TPSA) is 78.5 Å². The van der Waals surface area contributed by atoms with Crippen LogP contribution in [0.4, 0.5) is 4.79 Å². The highest BCUT2D eigenvalue weighted by Gasteiger charge is 2.52. The molecular formula is C19H19N3O3. The van der Waals surface area contributed by atoms with Crippen LogP contribution in [0, 0.1) is 0 Å². The molecule has 128 valence electrons. The first kappa shape index (κ1) is 16.7. The number of likely N-dealkylation sites (N-methyl/N-ethyl adjacent to an activating group) is 1. The maximum atomic E-state index is 13.2. The Morgan fingerprint density at radius 3 is 2.24 bits per heavy atom. The van der Waals surface area contributed by atoms with E-state index in [1.807, 2.05) is 60.7 Å². The molecule has 1 aliphatic heterocycles. The van der Waals surface area contributed by atoms with Gasteiger partial charge in [0.05, 0.1) is 0 Å². The van der Waals surface area contributed by atoms with Gasteiger partial charge >= 0.3 is 6.03 Å². The van der Waals surface area contributed by atoms with Gasteiger partial charge in [0.25, 0.3) is 5.91 Å². The second kappa shape index (κ2) is 6.76. The molecule has 0 aliphatic carbocycles. The summed E-state index contributed by atoms with van der Waals surface area (Å²) < 4.78 is 0. The van der Waals surface area contributed by atoms with Gasteiger partial charge in [0.15, 0.2) is 5.54 Å². The van der Waals surface area contributed by atoms with Crippen LogP contribution >= 0.6 is 0 Å².